The molecule has 0 radical (unpaired) electrons. The van der Waals surface area contributed by atoms with Crippen molar-refractivity contribution in [2.75, 3.05) is 40.3 Å². The number of methoxy groups -OCH3 is 1. The molecule has 2 unspecified atom stereocenters. The number of amidine groups is 2. The van der Waals surface area contributed by atoms with Crippen LogP contribution in [0.15, 0.2) is 9.98 Å². The van der Waals surface area contributed by atoms with Crippen molar-refractivity contribution >= 4 is 35.0 Å². The second-order valence-corrected chi connectivity index (χ2v) is 9.15. The molecule has 2 aliphatic carbocycles. The van der Waals surface area contributed by atoms with Gasteiger partial charge in [0, 0.05) is 25.7 Å². The molecule has 0 amide bonds. The van der Waals surface area contributed by atoms with Gasteiger partial charge in [-0.1, -0.05) is 25.7 Å². The van der Waals surface area contributed by atoms with E-state index in [1.807, 2.05) is 29.9 Å². The smallest absolute Gasteiger partial charge is 0.294 e. The summed E-state index contributed by atoms with van der Waals surface area (Å²) in [5, 5.41) is 6.73. The van der Waals surface area contributed by atoms with Crippen LogP contribution in [0.5, 0.6) is 0 Å². The molecule has 30 heavy (non-hydrogen) atoms. The lowest BCUT2D eigenvalue weighted by Gasteiger charge is -2.32. The molecule has 174 valence electrons. The lowest BCUT2D eigenvalue weighted by Crippen LogP contribution is -2.41. The molecule has 2 atom stereocenters. The molecule has 7 nitrogen and oxygen atoms in total. The van der Waals surface area contributed by atoms with E-state index in [0.717, 1.165) is 44.5 Å². The van der Waals surface area contributed by atoms with E-state index in [9.17, 15) is 0 Å². The number of aliphatic imine (C=N–C) groups is 2. The van der Waals surface area contributed by atoms with E-state index in [-0.39, 0.29) is 0 Å². The van der Waals surface area contributed by atoms with Gasteiger partial charge >= 0.3 is 0 Å². The number of nitrogens with one attached hydrogen (secondary N) is 2. The van der Waals surface area contributed by atoms with Gasteiger partial charge in [0.25, 0.3) is 12.0 Å². The zero-order chi connectivity index (χ0) is 21.6. The Bertz CT molecular complexity index is 526. The molecule has 0 aromatic rings. The summed E-state index contributed by atoms with van der Waals surface area (Å²) in [6.07, 6.45) is 12.4. The predicted octanol–water partition coefficient (Wildman–Crippen LogP) is 4.12. The molecule has 0 aromatic heterocycles. The average molecular weight is 536 g/mol. The van der Waals surface area contributed by atoms with Gasteiger partial charge in [-0.25, -0.2) is 9.98 Å². The first kappa shape index (κ1) is 25.5. The average Bonchev–Trinajstić information content (AvgIpc) is 2.76. The summed E-state index contributed by atoms with van der Waals surface area (Å²) < 4.78 is 10.8. The normalized spacial score (nSPS) is 24.0. The van der Waals surface area contributed by atoms with Gasteiger partial charge in [0.2, 0.25) is 0 Å². The molecule has 0 aromatic carbocycles. The van der Waals surface area contributed by atoms with Gasteiger partial charge in [-0.3, -0.25) is 0 Å². The number of hydrogen-bond donors (Lipinski definition) is 2. The van der Waals surface area contributed by atoms with Gasteiger partial charge in [-0.05, 0) is 65.0 Å². The number of hydrogen-bond acceptors (Lipinski definition) is 5. The van der Waals surface area contributed by atoms with E-state index in [0.29, 0.717) is 18.1 Å². The number of ether oxygens (including phenoxy) is 1. The highest BCUT2D eigenvalue weighted by Gasteiger charge is 2.24. The van der Waals surface area contributed by atoms with Crippen LogP contribution in [-0.4, -0.2) is 69.4 Å². The minimum atomic E-state index is 0.440. The number of halogens is 1. The second-order valence-electron chi connectivity index (χ2n) is 8.71. The van der Waals surface area contributed by atoms with Gasteiger partial charge < -0.3 is 23.3 Å². The standard InChI is InChI=1S/C22H42IN5O2/c1-4-24-21(29-3)25-14-9-15-28(2)17-18-10-8-13-20(16-18)27-22(30-23)26-19-11-6-5-7-12-19/h18-20H,4-17H2,1-3H3,(H,24,25)(H,26,27). The zero-order valence-electron chi connectivity index (χ0n) is 19.2. The van der Waals surface area contributed by atoms with Crippen molar-refractivity contribution in [1.29, 1.82) is 0 Å². The van der Waals surface area contributed by atoms with E-state index >= 15 is 0 Å². The van der Waals surface area contributed by atoms with E-state index in [2.05, 4.69) is 27.6 Å². The van der Waals surface area contributed by atoms with Crippen LogP contribution in [0.3, 0.4) is 0 Å². The summed E-state index contributed by atoms with van der Waals surface area (Å²) in [4.78, 5) is 11.8. The van der Waals surface area contributed by atoms with Crippen molar-refractivity contribution in [3.8, 4) is 0 Å². The molecular weight excluding hydrogens is 493 g/mol. The predicted molar refractivity (Wildman–Crippen MR) is 133 cm³/mol. The van der Waals surface area contributed by atoms with E-state index in [1.165, 1.54) is 57.8 Å². The third kappa shape index (κ3) is 10.0. The molecule has 2 aliphatic rings. The highest BCUT2D eigenvalue weighted by molar-refractivity contribution is 14.1. The fourth-order valence-corrected chi connectivity index (χ4v) is 4.86. The van der Waals surface area contributed by atoms with Crippen LogP contribution in [0.1, 0.15) is 71.1 Å². The topological polar surface area (TPSA) is 70.5 Å². The summed E-state index contributed by atoms with van der Waals surface area (Å²) in [6, 6.07) is 2.30. The minimum Gasteiger partial charge on any atom is -0.469 e. The molecule has 2 fully saturated rings. The lowest BCUT2D eigenvalue weighted by molar-refractivity contribution is 0.213. The van der Waals surface area contributed by atoms with Crippen molar-refractivity contribution in [3.63, 3.8) is 0 Å². The van der Waals surface area contributed by atoms with Gasteiger partial charge in [0.1, 0.15) is 0 Å². The van der Waals surface area contributed by atoms with Crippen molar-refractivity contribution < 1.29 is 7.80 Å². The fourth-order valence-electron chi connectivity index (χ4n) is 4.62. The summed E-state index contributed by atoms with van der Waals surface area (Å²) in [6.45, 7) is 5.88. The van der Waals surface area contributed by atoms with Crippen molar-refractivity contribution in [2.24, 2.45) is 15.9 Å². The molecule has 0 saturated heterocycles. The molecule has 2 N–H and O–H groups in total. The quantitative estimate of drug-likeness (QED) is 0.201. The first-order valence-electron chi connectivity index (χ1n) is 11.8. The van der Waals surface area contributed by atoms with Crippen LogP contribution in [0.4, 0.5) is 0 Å². The Kier molecular flexibility index (Phi) is 12.8. The summed E-state index contributed by atoms with van der Waals surface area (Å²) in [5.41, 5.74) is 0. The molecule has 2 rings (SSSR count). The monoisotopic (exact) mass is 535 g/mol. The zero-order valence-corrected chi connectivity index (χ0v) is 21.3. The summed E-state index contributed by atoms with van der Waals surface area (Å²) >= 11 is 1.97. The summed E-state index contributed by atoms with van der Waals surface area (Å²) in [7, 11) is 3.89. The molecule has 2 saturated carbocycles. The van der Waals surface area contributed by atoms with Crippen LogP contribution >= 0.6 is 23.0 Å². The van der Waals surface area contributed by atoms with Crippen molar-refractivity contribution in [1.82, 2.24) is 15.5 Å². The Hall–Kier alpha value is -0.770. The van der Waals surface area contributed by atoms with Gasteiger partial charge in [-0.15, -0.1) is 0 Å². The van der Waals surface area contributed by atoms with Crippen molar-refractivity contribution in [2.45, 2.75) is 83.2 Å². The first-order chi connectivity index (χ1) is 14.6. The molecular formula is C22H42IN5O2. The highest BCUT2D eigenvalue weighted by Crippen LogP contribution is 2.26. The maximum absolute atomic E-state index is 5.55. The Balaban J connectivity index is 1.71. The molecule has 0 aliphatic heterocycles. The third-order valence-electron chi connectivity index (χ3n) is 6.10. The van der Waals surface area contributed by atoms with Crippen molar-refractivity contribution in [3.05, 3.63) is 0 Å². The molecule has 0 heterocycles. The highest BCUT2D eigenvalue weighted by atomic mass is 127. The van der Waals surface area contributed by atoms with E-state index in [1.54, 1.807) is 7.11 Å². The Morgan fingerprint density at radius 3 is 2.60 bits per heavy atom. The molecule has 0 bridgehead atoms. The van der Waals surface area contributed by atoms with Gasteiger partial charge in [0.05, 0.1) is 13.2 Å². The van der Waals surface area contributed by atoms with Crippen LogP contribution in [-0.2, 0) is 7.80 Å². The van der Waals surface area contributed by atoms with E-state index in [4.69, 9.17) is 12.8 Å². The number of nitrogens with zero attached hydrogens (tertiary/aromatic N) is 3. The van der Waals surface area contributed by atoms with Crippen LogP contribution in [0, 0.1) is 5.92 Å². The Morgan fingerprint density at radius 1 is 1.10 bits per heavy atom. The first-order valence-corrected chi connectivity index (χ1v) is 12.7. The maximum Gasteiger partial charge on any atom is 0.294 e. The number of rotatable bonds is 9. The minimum absolute atomic E-state index is 0.440. The Labute approximate surface area is 197 Å². The van der Waals surface area contributed by atoms with Crippen LogP contribution < -0.4 is 10.6 Å². The third-order valence-corrected chi connectivity index (χ3v) is 6.52. The molecule has 8 heteroatoms. The van der Waals surface area contributed by atoms with Crippen LogP contribution in [0.2, 0.25) is 0 Å². The fraction of sp³-hybridized carbons (Fsp3) is 0.909. The maximum atomic E-state index is 5.55. The lowest BCUT2D eigenvalue weighted by atomic mass is 9.85. The van der Waals surface area contributed by atoms with Gasteiger partial charge in [0.15, 0.2) is 23.0 Å². The van der Waals surface area contributed by atoms with E-state index < -0.39 is 0 Å². The summed E-state index contributed by atoms with van der Waals surface area (Å²) in [5.74, 6) is 0.728. The van der Waals surface area contributed by atoms with Gasteiger partial charge in [-0.2, -0.15) is 0 Å². The largest absolute Gasteiger partial charge is 0.469 e. The second kappa shape index (κ2) is 15.1. The SMILES string of the molecule is CCN/C(=N/CCCN(C)CC1CCCC(N/C(=N/C2CCCCC2)OI)C1)OC. The molecule has 0 spiro atoms. The van der Waals surface area contributed by atoms with Crippen LogP contribution in [0.25, 0.3) is 0 Å². The Morgan fingerprint density at radius 2 is 1.90 bits per heavy atom.